The zero-order valence-electron chi connectivity index (χ0n) is 14.4. The summed E-state index contributed by atoms with van der Waals surface area (Å²) in [6.07, 6.45) is 0.729. The zero-order valence-corrected chi connectivity index (χ0v) is 14.4. The van der Waals surface area contributed by atoms with Crippen molar-refractivity contribution in [3.63, 3.8) is 0 Å². The number of fused-ring (bicyclic) bond motifs is 1. The van der Waals surface area contributed by atoms with Gasteiger partial charge in [0, 0.05) is 38.8 Å². The van der Waals surface area contributed by atoms with Crippen molar-refractivity contribution in [3.8, 4) is 0 Å². The molecule has 2 aliphatic heterocycles. The van der Waals surface area contributed by atoms with Crippen LogP contribution in [0.3, 0.4) is 0 Å². The van der Waals surface area contributed by atoms with E-state index in [0.717, 1.165) is 6.42 Å². The molecule has 0 aromatic rings. The maximum absolute atomic E-state index is 12.5. The van der Waals surface area contributed by atoms with E-state index in [4.69, 9.17) is 4.74 Å². The molecule has 2 heterocycles. The number of piperazine rings is 1. The summed E-state index contributed by atoms with van der Waals surface area (Å²) in [5.41, 5.74) is 0. The van der Waals surface area contributed by atoms with Gasteiger partial charge < -0.3 is 30.9 Å². The van der Waals surface area contributed by atoms with Gasteiger partial charge in [0.1, 0.15) is 12.6 Å². The predicted molar refractivity (Wildman–Crippen MR) is 87.4 cm³/mol. The normalized spacial score (nSPS) is 26.2. The van der Waals surface area contributed by atoms with Crippen LogP contribution >= 0.6 is 0 Å². The van der Waals surface area contributed by atoms with Crippen molar-refractivity contribution < 1.29 is 19.1 Å². The average Bonchev–Trinajstić information content (AvgIpc) is 2.89. The monoisotopic (exact) mass is 341 g/mol. The molecule has 4 N–H and O–H groups in total. The molecule has 136 valence electrons. The first kappa shape index (κ1) is 18.5. The number of carbonyl (C=O) groups excluding carboxylic acids is 3. The van der Waals surface area contributed by atoms with Gasteiger partial charge in [0.15, 0.2) is 0 Å². The maximum atomic E-state index is 12.5. The summed E-state index contributed by atoms with van der Waals surface area (Å²) in [5.74, 6) is -0.293. The Kier molecular flexibility index (Phi) is 6.38. The first-order valence-corrected chi connectivity index (χ1v) is 8.27. The highest BCUT2D eigenvalue weighted by atomic mass is 16.5. The van der Waals surface area contributed by atoms with Crippen molar-refractivity contribution in [1.82, 2.24) is 26.2 Å². The van der Waals surface area contributed by atoms with Gasteiger partial charge in [-0.3, -0.25) is 9.59 Å². The Morgan fingerprint density at radius 3 is 2.83 bits per heavy atom. The molecular weight excluding hydrogens is 314 g/mol. The minimum atomic E-state index is -0.440. The van der Waals surface area contributed by atoms with Gasteiger partial charge in [-0.15, -0.1) is 0 Å². The fraction of sp³-hybridized carbons (Fsp3) is 0.800. The minimum Gasteiger partial charge on any atom is -0.375 e. The van der Waals surface area contributed by atoms with E-state index in [1.807, 2.05) is 13.8 Å². The number of amides is 4. The largest absolute Gasteiger partial charge is 0.375 e. The Balaban J connectivity index is 1.82. The molecule has 2 saturated heterocycles. The fourth-order valence-corrected chi connectivity index (χ4v) is 3.10. The lowest BCUT2D eigenvalue weighted by Gasteiger charge is -2.35. The van der Waals surface area contributed by atoms with Crippen molar-refractivity contribution in [2.75, 3.05) is 33.4 Å². The molecule has 0 unspecified atom stereocenters. The number of ether oxygens (including phenoxy) is 1. The Morgan fingerprint density at radius 1 is 1.42 bits per heavy atom. The third-order valence-electron chi connectivity index (χ3n) is 4.13. The van der Waals surface area contributed by atoms with Gasteiger partial charge in [0.2, 0.25) is 11.8 Å². The van der Waals surface area contributed by atoms with E-state index < -0.39 is 6.04 Å². The lowest BCUT2D eigenvalue weighted by molar-refractivity contribution is -0.137. The summed E-state index contributed by atoms with van der Waals surface area (Å²) in [5, 5.41) is 11.5. The predicted octanol–water partition coefficient (Wildman–Crippen LogP) is -1.60. The molecule has 3 atom stereocenters. The molecule has 9 heteroatoms. The van der Waals surface area contributed by atoms with Crippen LogP contribution in [0.5, 0.6) is 0 Å². The first-order valence-electron chi connectivity index (χ1n) is 8.27. The third-order valence-corrected chi connectivity index (χ3v) is 4.13. The number of nitrogens with zero attached hydrogens (tertiary/aromatic N) is 1. The quantitative estimate of drug-likeness (QED) is 0.465. The van der Waals surface area contributed by atoms with Gasteiger partial charge >= 0.3 is 6.03 Å². The molecule has 2 fully saturated rings. The lowest BCUT2D eigenvalue weighted by atomic mass is 10.1. The number of nitrogens with one attached hydrogen (secondary N) is 4. The molecule has 0 aromatic heterocycles. The van der Waals surface area contributed by atoms with E-state index in [0.29, 0.717) is 13.1 Å². The summed E-state index contributed by atoms with van der Waals surface area (Å²) in [4.78, 5) is 37.6. The number of urea groups is 1. The second-order valence-electron chi connectivity index (χ2n) is 6.55. The van der Waals surface area contributed by atoms with Gasteiger partial charge in [0.05, 0.1) is 6.04 Å². The van der Waals surface area contributed by atoms with Crippen LogP contribution < -0.4 is 21.3 Å². The molecule has 0 radical (unpaired) electrons. The van der Waals surface area contributed by atoms with Gasteiger partial charge in [-0.1, -0.05) is 0 Å². The standard InChI is InChI=1S/C15H27N5O4/c1-9(2)18-15(23)19-10-4-11-5-16-12(14(22)20(11)7-10)6-17-13(21)8-24-3/h9-12,16H,4-8H2,1-3H3,(H,17,21)(H2,18,19,23)/t10-,11-,12-/m0/s1. The number of hydrogen-bond acceptors (Lipinski definition) is 5. The zero-order chi connectivity index (χ0) is 17.7. The topological polar surface area (TPSA) is 112 Å². The van der Waals surface area contributed by atoms with Crippen molar-refractivity contribution in [2.45, 2.75) is 44.4 Å². The van der Waals surface area contributed by atoms with Crippen LogP contribution in [0.25, 0.3) is 0 Å². The van der Waals surface area contributed by atoms with Gasteiger partial charge in [-0.25, -0.2) is 4.79 Å². The van der Waals surface area contributed by atoms with Crippen LogP contribution in [-0.2, 0) is 14.3 Å². The SMILES string of the molecule is COCC(=O)NC[C@@H]1NC[C@@H]2C[C@H](NC(=O)NC(C)C)CN2C1=O. The van der Waals surface area contributed by atoms with Crippen molar-refractivity contribution in [2.24, 2.45) is 0 Å². The molecule has 0 spiro atoms. The van der Waals surface area contributed by atoms with Crippen LogP contribution in [0.1, 0.15) is 20.3 Å². The van der Waals surface area contributed by atoms with E-state index in [2.05, 4.69) is 21.3 Å². The highest BCUT2D eigenvalue weighted by Gasteiger charge is 2.42. The fourth-order valence-electron chi connectivity index (χ4n) is 3.10. The Hall–Kier alpha value is -1.87. The first-order chi connectivity index (χ1) is 11.4. The van der Waals surface area contributed by atoms with E-state index in [1.54, 1.807) is 4.90 Å². The van der Waals surface area contributed by atoms with E-state index in [9.17, 15) is 14.4 Å². The van der Waals surface area contributed by atoms with Crippen LogP contribution in [0, 0.1) is 0 Å². The lowest BCUT2D eigenvalue weighted by Crippen LogP contribution is -2.61. The molecule has 0 aliphatic carbocycles. The molecule has 9 nitrogen and oxygen atoms in total. The Morgan fingerprint density at radius 2 is 2.17 bits per heavy atom. The molecule has 2 aliphatic rings. The van der Waals surface area contributed by atoms with Crippen LogP contribution in [0.4, 0.5) is 4.79 Å². The van der Waals surface area contributed by atoms with Crippen LogP contribution in [0.15, 0.2) is 0 Å². The third kappa shape index (κ3) is 4.81. The summed E-state index contributed by atoms with van der Waals surface area (Å²) < 4.78 is 4.74. The van der Waals surface area contributed by atoms with Crippen molar-refractivity contribution in [1.29, 1.82) is 0 Å². The summed E-state index contributed by atoms with van der Waals surface area (Å²) >= 11 is 0. The molecule has 24 heavy (non-hydrogen) atoms. The molecule has 2 rings (SSSR count). The summed E-state index contributed by atoms with van der Waals surface area (Å²) in [6, 6.07) is -0.560. The second-order valence-corrected chi connectivity index (χ2v) is 6.55. The van der Waals surface area contributed by atoms with Gasteiger partial charge in [0.25, 0.3) is 0 Å². The van der Waals surface area contributed by atoms with Crippen LogP contribution in [0.2, 0.25) is 0 Å². The molecule has 0 saturated carbocycles. The number of rotatable bonds is 6. The number of methoxy groups -OCH3 is 1. The molecule has 0 bridgehead atoms. The summed E-state index contributed by atoms with van der Waals surface area (Å²) in [6.45, 7) is 5.15. The van der Waals surface area contributed by atoms with Gasteiger partial charge in [-0.05, 0) is 20.3 Å². The van der Waals surface area contributed by atoms with Crippen molar-refractivity contribution in [3.05, 3.63) is 0 Å². The number of hydrogen-bond donors (Lipinski definition) is 4. The van der Waals surface area contributed by atoms with E-state index in [-0.39, 0.29) is 49.1 Å². The molecule has 4 amide bonds. The van der Waals surface area contributed by atoms with E-state index in [1.165, 1.54) is 7.11 Å². The van der Waals surface area contributed by atoms with Gasteiger partial charge in [-0.2, -0.15) is 0 Å². The van der Waals surface area contributed by atoms with E-state index >= 15 is 0 Å². The summed E-state index contributed by atoms with van der Waals surface area (Å²) in [7, 11) is 1.45. The molecule has 0 aromatic carbocycles. The Labute approximate surface area is 141 Å². The average molecular weight is 341 g/mol. The second kappa shape index (κ2) is 8.29. The minimum absolute atomic E-state index is 0.0236. The Bertz CT molecular complexity index is 484. The van der Waals surface area contributed by atoms with Crippen molar-refractivity contribution >= 4 is 17.8 Å². The highest BCUT2D eigenvalue weighted by Crippen LogP contribution is 2.21. The maximum Gasteiger partial charge on any atom is 0.315 e. The smallest absolute Gasteiger partial charge is 0.315 e. The highest BCUT2D eigenvalue weighted by molar-refractivity contribution is 5.85. The molecular formula is C15H27N5O4. The van der Waals surface area contributed by atoms with Crippen LogP contribution in [-0.4, -0.2) is 80.3 Å². The number of carbonyl (C=O) groups is 3.